The SMILES string of the molecule is CN1CCCC(NS(=O)(=O)c2ccc(C(N)=S)cc2Cl)C1. The quantitative estimate of drug-likeness (QED) is 0.804. The molecule has 1 heterocycles. The maximum atomic E-state index is 12.4. The van der Waals surface area contributed by atoms with Crippen molar-refractivity contribution < 1.29 is 8.42 Å². The molecule has 1 aliphatic rings. The van der Waals surface area contributed by atoms with E-state index in [0.29, 0.717) is 12.1 Å². The summed E-state index contributed by atoms with van der Waals surface area (Å²) >= 11 is 10.9. The predicted octanol–water partition coefficient (Wildman–Crippen LogP) is 1.35. The molecule has 1 atom stereocenters. The summed E-state index contributed by atoms with van der Waals surface area (Å²) in [6.45, 7) is 1.68. The number of nitrogens with two attached hydrogens (primary N) is 1. The van der Waals surface area contributed by atoms with Gasteiger partial charge in [0.2, 0.25) is 10.0 Å². The summed E-state index contributed by atoms with van der Waals surface area (Å²) in [5.41, 5.74) is 6.06. The van der Waals surface area contributed by atoms with E-state index in [-0.39, 0.29) is 20.9 Å². The molecular weight excluding hydrogens is 330 g/mol. The van der Waals surface area contributed by atoms with Crippen LogP contribution in [0, 0.1) is 0 Å². The Morgan fingerprint density at radius 1 is 1.52 bits per heavy atom. The van der Waals surface area contributed by atoms with Crippen LogP contribution in [0.3, 0.4) is 0 Å². The van der Waals surface area contributed by atoms with E-state index < -0.39 is 10.0 Å². The molecule has 1 fully saturated rings. The highest BCUT2D eigenvalue weighted by Crippen LogP contribution is 2.23. The van der Waals surface area contributed by atoms with Crippen LogP contribution >= 0.6 is 23.8 Å². The van der Waals surface area contributed by atoms with Crippen LogP contribution in [0.1, 0.15) is 18.4 Å². The smallest absolute Gasteiger partial charge is 0.242 e. The molecular formula is C13H18ClN3O2S2. The van der Waals surface area contributed by atoms with Gasteiger partial charge in [-0.3, -0.25) is 0 Å². The molecule has 1 aromatic carbocycles. The van der Waals surface area contributed by atoms with Gasteiger partial charge in [-0.2, -0.15) is 0 Å². The maximum Gasteiger partial charge on any atom is 0.242 e. The van der Waals surface area contributed by atoms with Gasteiger partial charge in [0.1, 0.15) is 9.88 Å². The molecule has 8 heteroatoms. The van der Waals surface area contributed by atoms with Crippen LogP contribution in [0.2, 0.25) is 5.02 Å². The molecule has 3 N–H and O–H groups in total. The summed E-state index contributed by atoms with van der Waals surface area (Å²) in [6.07, 6.45) is 1.80. The minimum Gasteiger partial charge on any atom is -0.389 e. The van der Waals surface area contributed by atoms with Crippen LogP contribution in [0.4, 0.5) is 0 Å². The van der Waals surface area contributed by atoms with Crippen molar-refractivity contribution in [3.05, 3.63) is 28.8 Å². The number of hydrogen-bond donors (Lipinski definition) is 2. The lowest BCUT2D eigenvalue weighted by molar-refractivity contribution is 0.242. The molecule has 1 aromatic rings. The van der Waals surface area contributed by atoms with Gasteiger partial charge in [-0.05, 0) is 38.6 Å². The van der Waals surface area contributed by atoms with Gasteiger partial charge < -0.3 is 10.6 Å². The lowest BCUT2D eigenvalue weighted by Gasteiger charge is -2.30. The average molecular weight is 348 g/mol. The largest absolute Gasteiger partial charge is 0.389 e. The van der Waals surface area contributed by atoms with E-state index in [4.69, 9.17) is 29.6 Å². The van der Waals surface area contributed by atoms with Crippen molar-refractivity contribution in [3.8, 4) is 0 Å². The van der Waals surface area contributed by atoms with Crippen molar-refractivity contribution in [2.45, 2.75) is 23.8 Å². The zero-order chi connectivity index (χ0) is 15.6. The van der Waals surface area contributed by atoms with Crippen LogP contribution < -0.4 is 10.5 Å². The van der Waals surface area contributed by atoms with Gasteiger partial charge in [0, 0.05) is 18.2 Å². The topological polar surface area (TPSA) is 75.4 Å². The summed E-state index contributed by atoms with van der Waals surface area (Å²) in [6, 6.07) is 4.38. The van der Waals surface area contributed by atoms with E-state index in [1.165, 1.54) is 12.1 Å². The Balaban J connectivity index is 2.21. The van der Waals surface area contributed by atoms with Crippen molar-refractivity contribution in [1.82, 2.24) is 9.62 Å². The summed E-state index contributed by atoms with van der Waals surface area (Å²) in [5.74, 6) is 0. The monoisotopic (exact) mass is 347 g/mol. The molecule has 116 valence electrons. The number of likely N-dealkylation sites (tertiary alicyclic amines) is 1. The van der Waals surface area contributed by atoms with Crippen molar-refractivity contribution in [3.63, 3.8) is 0 Å². The Hall–Kier alpha value is -0.730. The van der Waals surface area contributed by atoms with Crippen LogP contribution in [-0.2, 0) is 10.0 Å². The van der Waals surface area contributed by atoms with Crippen LogP contribution in [0.15, 0.2) is 23.1 Å². The standard InChI is InChI=1S/C13H18ClN3O2S2/c1-17-6-2-3-10(8-17)16-21(18,19)12-5-4-9(13(15)20)7-11(12)14/h4-5,7,10,16H,2-3,6,8H2,1H3,(H2,15,20). The van der Waals surface area contributed by atoms with Crippen molar-refractivity contribution >= 4 is 38.8 Å². The normalized spacial score (nSPS) is 20.4. The van der Waals surface area contributed by atoms with E-state index in [9.17, 15) is 8.42 Å². The maximum absolute atomic E-state index is 12.4. The number of halogens is 1. The van der Waals surface area contributed by atoms with Crippen LogP contribution in [0.5, 0.6) is 0 Å². The lowest BCUT2D eigenvalue weighted by atomic mass is 10.1. The van der Waals surface area contributed by atoms with Crippen molar-refractivity contribution in [1.29, 1.82) is 0 Å². The lowest BCUT2D eigenvalue weighted by Crippen LogP contribution is -2.46. The first-order valence-electron chi connectivity index (χ1n) is 6.60. The van der Waals surface area contributed by atoms with Gasteiger partial charge in [-0.15, -0.1) is 0 Å². The van der Waals surface area contributed by atoms with Crippen LogP contribution in [-0.4, -0.2) is 44.5 Å². The molecule has 0 saturated carbocycles. The number of nitrogens with one attached hydrogen (secondary N) is 1. The van der Waals surface area contributed by atoms with E-state index in [1.807, 2.05) is 7.05 Å². The average Bonchev–Trinajstić information content (AvgIpc) is 2.37. The zero-order valence-electron chi connectivity index (χ0n) is 11.7. The summed E-state index contributed by atoms with van der Waals surface area (Å²) in [7, 11) is -1.67. The summed E-state index contributed by atoms with van der Waals surface area (Å²) in [5, 5.41) is 0.122. The first kappa shape index (κ1) is 16.6. The van der Waals surface area contributed by atoms with Gasteiger partial charge in [0.05, 0.1) is 5.02 Å². The number of sulfonamides is 1. The first-order valence-corrected chi connectivity index (χ1v) is 8.87. The molecule has 1 unspecified atom stereocenters. The molecule has 1 aliphatic heterocycles. The molecule has 0 amide bonds. The van der Waals surface area contributed by atoms with Gasteiger partial charge in [0.15, 0.2) is 0 Å². The zero-order valence-corrected chi connectivity index (χ0v) is 14.1. The third kappa shape index (κ3) is 4.14. The summed E-state index contributed by atoms with van der Waals surface area (Å²) < 4.78 is 27.6. The minimum atomic E-state index is -3.65. The first-order chi connectivity index (χ1) is 9.79. The highest BCUT2D eigenvalue weighted by atomic mass is 35.5. The van der Waals surface area contributed by atoms with E-state index in [2.05, 4.69) is 9.62 Å². The molecule has 0 bridgehead atoms. The number of likely N-dealkylation sites (N-methyl/N-ethyl adjacent to an activating group) is 1. The highest BCUT2D eigenvalue weighted by molar-refractivity contribution is 7.89. The third-order valence-corrected chi connectivity index (χ3v) is 5.69. The number of benzene rings is 1. The Bertz CT molecular complexity index is 649. The van der Waals surface area contributed by atoms with E-state index >= 15 is 0 Å². The van der Waals surface area contributed by atoms with Gasteiger partial charge >= 0.3 is 0 Å². The predicted molar refractivity (Wildman–Crippen MR) is 88.2 cm³/mol. The Morgan fingerprint density at radius 2 is 2.24 bits per heavy atom. The molecule has 0 radical (unpaired) electrons. The van der Waals surface area contributed by atoms with Gasteiger partial charge in [0.25, 0.3) is 0 Å². The summed E-state index contributed by atoms with van der Waals surface area (Å²) in [4.78, 5) is 2.34. The highest BCUT2D eigenvalue weighted by Gasteiger charge is 2.25. The number of thiocarbonyl (C=S) groups is 1. The van der Waals surface area contributed by atoms with Crippen molar-refractivity contribution in [2.24, 2.45) is 5.73 Å². The van der Waals surface area contributed by atoms with Crippen molar-refractivity contribution in [2.75, 3.05) is 20.1 Å². The number of piperidine rings is 1. The number of rotatable bonds is 4. The van der Waals surface area contributed by atoms with Gasteiger partial charge in [-0.1, -0.05) is 29.9 Å². The fourth-order valence-corrected chi connectivity index (χ4v) is 4.35. The van der Waals surface area contributed by atoms with E-state index in [0.717, 1.165) is 19.4 Å². The molecule has 1 saturated heterocycles. The number of hydrogen-bond acceptors (Lipinski definition) is 4. The minimum absolute atomic E-state index is 0.0531. The molecule has 2 rings (SSSR count). The third-order valence-electron chi connectivity index (χ3n) is 3.45. The number of nitrogens with zero attached hydrogens (tertiary/aromatic N) is 1. The van der Waals surface area contributed by atoms with Crippen LogP contribution in [0.25, 0.3) is 0 Å². The second-order valence-corrected chi connectivity index (χ2v) is 7.76. The molecule has 21 heavy (non-hydrogen) atoms. The molecule has 5 nitrogen and oxygen atoms in total. The Labute approximate surface area is 135 Å². The molecule has 0 spiro atoms. The molecule has 0 aromatic heterocycles. The fourth-order valence-electron chi connectivity index (χ4n) is 2.42. The Morgan fingerprint density at radius 3 is 2.81 bits per heavy atom. The second-order valence-electron chi connectivity index (χ2n) is 5.23. The van der Waals surface area contributed by atoms with E-state index in [1.54, 1.807) is 6.07 Å². The fraction of sp³-hybridized carbons (Fsp3) is 0.462. The molecule has 0 aliphatic carbocycles. The van der Waals surface area contributed by atoms with Gasteiger partial charge in [-0.25, -0.2) is 13.1 Å². The second kappa shape index (κ2) is 6.58. The Kier molecular flexibility index (Phi) is 5.21.